The van der Waals surface area contributed by atoms with Crippen molar-refractivity contribution in [2.24, 2.45) is 0 Å². The van der Waals surface area contributed by atoms with Gasteiger partial charge in [0.15, 0.2) is 0 Å². The first-order valence-corrected chi connectivity index (χ1v) is 23.7. The first-order valence-electron chi connectivity index (χ1n) is 23.3. The Bertz CT molecular complexity index is 3510. The van der Waals surface area contributed by atoms with Gasteiger partial charge < -0.3 is 33.2 Å². The van der Waals surface area contributed by atoms with Crippen LogP contribution < -0.4 is 33.2 Å². The summed E-state index contributed by atoms with van der Waals surface area (Å²) in [4.78, 5) is 50.3. The number of hydrogen-bond donors (Lipinski definition) is 6. The summed E-state index contributed by atoms with van der Waals surface area (Å²) in [7, 11) is 0. The van der Waals surface area contributed by atoms with E-state index in [2.05, 4.69) is 71.0 Å². The topological polar surface area (TPSA) is 226 Å². The molecule has 0 aliphatic heterocycles. The van der Waals surface area contributed by atoms with Crippen LogP contribution in [-0.4, -0.2) is 41.7 Å². The number of carbonyl (C=O) groups excluding carboxylic acids is 2. The van der Waals surface area contributed by atoms with Crippen LogP contribution >= 0.6 is 11.6 Å². The molecule has 73 heavy (non-hydrogen) atoms. The molecule has 10 rings (SSSR count). The molecule has 0 spiro atoms. The predicted octanol–water partition coefficient (Wildman–Crippen LogP) is 11.8. The van der Waals surface area contributed by atoms with E-state index in [1.54, 1.807) is 54.9 Å². The van der Waals surface area contributed by atoms with Gasteiger partial charge in [0.2, 0.25) is 11.9 Å². The van der Waals surface area contributed by atoms with Gasteiger partial charge in [-0.05, 0) is 159 Å². The van der Waals surface area contributed by atoms with Gasteiger partial charge >= 0.3 is 0 Å². The number of amides is 2. The zero-order valence-electron chi connectivity index (χ0n) is 40.7. The van der Waals surface area contributed by atoms with Crippen molar-refractivity contribution in [3.05, 3.63) is 231 Å². The summed E-state index contributed by atoms with van der Waals surface area (Å²) in [5.41, 5.74) is 32.0. The van der Waals surface area contributed by atoms with Crippen molar-refractivity contribution < 1.29 is 9.59 Å². The van der Waals surface area contributed by atoms with Crippen molar-refractivity contribution in [3.63, 3.8) is 0 Å². The second-order valence-electron chi connectivity index (χ2n) is 17.4. The van der Waals surface area contributed by atoms with Crippen LogP contribution in [0, 0.1) is 27.7 Å². The minimum atomic E-state index is -0.174. The Morgan fingerprint density at radius 2 is 0.918 bits per heavy atom. The van der Waals surface area contributed by atoms with E-state index in [9.17, 15) is 9.59 Å². The van der Waals surface area contributed by atoms with Crippen LogP contribution in [0.5, 0.6) is 0 Å². The Morgan fingerprint density at radius 1 is 0.479 bits per heavy atom. The highest BCUT2D eigenvalue weighted by molar-refractivity contribution is 6.35. The highest BCUT2D eigenvalue weighted by atomic mass is 35.5. The summed E-state index contributed by atoms with van der Waals surface area (Å²) in [5, 5.41) is 12.1. The lowest BCUT2D eigenvalue weighted by Crippen LogP contribution is -2.11. The maximum Gasteiger partial charge on any atom is 0.255 e. The summed E-state index contributed by atoms with van der Waals surface area (Å²) in [5.74, 6) is 0.215. The Labute approximate surface area is 428 Å². The number of aromatic nitrogens is 6. The molecule has 0 saturated heterocycles. The number of fused-ring (bicyclic) bond motifs is 2. The summed E-state index contributed by atoms with van der Waals surface area (Å²) in [6.07, 6.45) is 4.81. The number of pyridine rings is 2. The molecule has 9 N–H and O–H groups in total. The number of nitrogens with zero attached hydrogens (tertiary/aromatic N) is 6. The van der Waals surface area contributed by atoms with Crippen LogP contribution in [0.15, 0.2) is 170 Å². The van der Waals surface area contributed by atoms with Gasteiger partial charge in [-0.25, -0.2) is 19.9 Å². The van der Waals surface area contributed by atoms with Crippen LogP contribution in [0.25, 0.3) is 21.8 Å². The van der Waals surface area contributed by atoms with E-state index >= 15 is 0 Å². The van der Waals surface area contributed by atoms with Crippen LogP contribution in [0.2, 0.25) is 5.02 Å². The van der Waals surface area contributed by atoms with E-state index in [1.165, 1.54) is 11.1 Å². The normalized spacial score (nSPS) is 10.6. The molecule has 4 heterocycles. The summed E-state index contributed by atoms with van der Waals surface area (Å²) >= 11 is 5.97. The molecular weight excluding hydrogens is 932 g/mol. The van der Waals surface area contributed by atoms with Crippen molar-refractivity contribution >= 4 is 85.6 Å². The number of aryl methyl sites for hydroxylation is 4. The van der Waals surface area contributed by atoms with Gasteiger partial charge in [-0.15, -0.1) is 0 Å². The molecule has 15 heteroatoms. The van der Waals surface area contributed by atoms with Crippen molar-refractivity contribution in [2.75, 3.05) is 33.2 Å². The average Bonchev–Trinajstić information content (AvgIpc) is 3.35. The maximum absolute atomic E-state index is 12.8. The minimum Gasteiger partial charge on any atom is -0.399 e. The van der Waals surface area contributed by atoms with Gasteiger partial charge in [-0.2, -0.15) is 0 Å². The first-order chi connectivity index (χ1) is 35.2. The molecule has 4 aromatic heterocycles. The number of nitrogens with one attached hydrogen (secondary N) is 3. The number of nitrogen functional groups attached to an aromatic ring is 3. The standard InChI is InChI=1S/C29H26N6O.C19H19N5O.C10H8ClN/c1-18-3-12-25-26(13-14-31-27(25)15-18)33-22-10-6-21(7-11-22)28(36)34-23-8-4-20(5-9-23)17-24-16-19(2)32-29(30)35-24;1-12-10-17(24-19(21)22-12)11-13-2-8-16(9-3-13)23-18(25)14-4-6-15(20)7-5-14;1-7-2-3-8-9(11)4-5-12-10(8)6-7/h3-16H,17H2,1-2H3,(H,31,33)(H,34,36)(H2,30,32,35);2-10H,11,20H2,1H3,(H,23,25)(H2,21,22,24);2-6H,1H3. The van der Waals surface area contributed by atoms with Crippen molar-refractivity contribution in [1.82, 2.24) is 29.9 Å². The highest BCUT2D eigenvalue weighted by Gasteiger charge is 2.10. The zero-order chi connectivity index (χ0) is 51.4. The quantitative estimate of drug-likeness (QED) is 0.0704. The molecule has 0 radical (unpaired) electrons. The smallest absolute Gasteiger partial charge is 0.255 e. The third-order valence-electron chi connectivity index (χ3n) is 11.4. The van der Waals surface area contributed by atoms with E-state index in [4.69, 9.17) is 28.8 Å². The van der Waals surface area contributed by atoms with Gasteiger partial charge in [0, 0.05) is 87.0 Å². The molecule has 0 atom stereocenters. The molecule has 0 aliphatic rings. The van der Waals surface area contributed by atoms with E-state index in [1.807, 2.05) is 118 Å². The van der Waals surface area contributed by atoms with Gasteiger partial charge in [0.1, 0.15) is 0 Å². The molecule has 0 fully saturated rings. The van der Waals surface area contributed by atoms with Crippen molar-refractivity contribution in [1.29, 1.82) is 0 Å². The summed E-state index contributed by atoms with van der Waals surface area (Å²) < 4.78 is 0. The third-order valence-corrected chi connectivity index (χ3v) is 11.7. The molecule has 364 valence electrons. The lowest BCUT2D eigenvalue weighted by Gasteiger charge is -2.11. The number of rotatable bonds is 10. The number of carbonyl (C=O) groups is 2. The first kappa shape index (κ1) is 50.1. The number of nitrogens with two attached hydrogens (primary N) is 3. The molecule has 0 unspecified atom stereocenters. The predicted molar refractivity (Wildman–Crippen MR) is 295 cm³/mol. The molecule has 0 bridgehead atoms. The largest absolute Gasteiger partial charge is 0.399 e. The number of anilines is 7. The van der Waals surface area contributed by atoms with E-state index in [0.717, 1.165) is 83.5 Å². The molecule has 10 aromatic rings. The monoisotopic (exact) mass is 984 g/mol. The van der Waals surface area contributed by atoms with E-state index in [0.29, 0.717) is 29.7 Å². The van der Waals surface area contributed by atoms with Gasteiger partial charge in [-0.3, -0.25) is 19.6 Å². The Balaban J connectivity index is 0.000000165. The van der Waals surface area contributed by atoms with Gasteiger partial charge in [0.25, 0.3) is 11.8 Å². The molecule has 14 nitrogen and oxygen atoms in total. The second-order valence-corrected chi connectivity index (χ2v) is 17.8. The van der Waals surface area contributed by atoms with E-state index in [-0.39, 0.29) is 23.7 Å². The molecular formula is C58H53ClN12O2. The molecule has 0 aliphatic carbocycles. The fraction of sp³-hybridized carbons (Fsp3) is 0.103. The second kappa shape index (κ2) is 23.1. The van der Waals surface area contributed by atoms with Crippen molar-refractivity contribution in [2.45, 2.75) is 40.5 Å². The van der Waals surface area contributed by atoms with Crippen LogP contribution in [-0.2, 0) is 12.8 Å². The van der Waals surface area contributed by atoms with Gasteiger partial charge in [-0.1, -0.05) is 60.1 Å². The van der Waals surface area contributed by atoms with Crippen LogP contribution in [0.1, 0.15) is 65.7 Å². The average molecular weight is 986 g/mol. The summed E-state index contributed by atoms with van der Waals surface area (Å²) in [6, 6.07) is 49.4. The Kier molecular flexibility index (Phi) is 15.9. The van der Waals surface area contributed by atoms with Gasteiger partial charge in [0.05, 0.1) is 27.4 Å². The van der Waals surface area contributed by atoms with Crippen LogP contribution in [0.4, 0.5) is 40.3 Å². The molecule has 0 saturated carbocycles. The maximum atomic E-state index is 12.8. The fourth-order valence-corrected chi connectivity index (χ4v) is 8.04. The third kappa shape index (κ3) is 14.0. The fourth-order valence-electron chi connectivity index (χ4n) is 7.82. The van der Waals surface area contributed by atoms with Crippen molar-refractivity contribution in [3.8, 4) is 0 Å². The lowest BCUT2D eigenvalue weighted by molar-refractivity contribution is 0.101. The lowest BCUT2D eigenvalue weighted by atomic mass is 10.1. The number of hydrogen-bond acceptors (Lipinski definition) is 12. The Morgan fingerprint density at radius 3 is 1.41 bits per heavy atom. The van der Waals surface area contributed by atoms with E-state index < -0.39 is 0 Å². The highest BCUT2D eigenvalue weighted by Crippen LogP contribution is 2.27. The zero-order valence-corrected chi connectivity index (χ0v) is 41.4. The molecule has 6 aromatic carbocycles. The molecule has 2 amide bonds. The SMILES string of the molecule is Cc1cc(Cc2ccc(NC(=O)c3ccc(N)cc3)cc2)nc(N)n1.Cc1ccc2c(Cl)ccnc2c1.Cc1ccc2c(Nc3ccc(C(=O)Nc4ccc(Cc5cc(C)nc(N)n5)cc4)cc3)ccnc2c1. The summed E-state index contributed by atoms with van der Waals surface area (Å²) in [6.45, 7) is 7.88. The Hall–Kier alpha value is -9.27. The van der Waals surface area contributed by atoms with Crippen LogP contribution in [0.3, 0.4) is 0 Å². The minimum absolute atomic E-state index is 0.168. The number of benzene rings is 6. The number of halogens is 1.